The van der Waals surface area contributed by atoms with Crippen molar-refractivity contribution in [3.63, 3.8) is 0 Å². The first-order valence-electron chi connectivity index (χ1n) is 6.70. The fourth-order valence-electron chi connectivity index (χ4n) is 3.36. The minimum absolute atomic E-state index is 0.0796. The predicted molar refractivity (Wildman–Crippen MR) is 85.0 cm³/mol. The van der Waals surface area contributed by atoms with E-state index in [1.54, 1.807) is 0 Å². The molecule has 4 nitrogen and oxygen atoms in total. The van der Waals surface area contributed by atoms with Crippen LogP contribution in [0, 0.1) is 0 Å². The highest BCUT2D eigenvalue weighted by atomic mass is 79.9. The Kier molecular flexibility index (Phi) is 3.99. The Morgan fingerprint density at radius 2 is 2.40 bits per heavy atom. The van der Waals surface area contributed by atoms with E-state index in [2.05, 4.69) is 50.3 Å². The number of hydrogen-bond donors (Lipinski definition) is 3. The van der Waals surface area contributed by atoms with Gasteiger partial charge in [0.1, 0.15) is 0 Å². The van der Waals surface area contributed by atoms with Crippen molar-refractivity contribution in [3.8, 4) is 0 Å². The number of allylic oxidation sites excluding steroid dienone is 1. The second kappa shape index (κ2) is 5.60. The van der Waals surface area contributed by atoms with Crippen molar-refractivity contribution >= 4 is 32.9 Å². The second-order valence-electron chi connectivity index (χ2n) is 5.30. The van der Waals surface area contributed by atoms with Gasteiger partial charge in [-0.25, -0.2) is 8.93 Å². The molecule has 0 amide bonds. The molecule has 20 heavy (non-hydrogen) atoms. The van der Waals surface area contributed by atoms with Gasteiger partial charge in [-0.15, -0.1) is 0 Å². The van der Waals surface area contributed by atoms with Crippen LogP contribution in [0.5, 0.6) is 0 Å². The molecule has 1 aromatic carbocycles. The van der Waals surface area contributed by atoms with E-state index >= 15 is 0 Å². The zero-order valence-electron chi connectivity index (χ0n) is 10.9. The summed E-state index contributed by atoms with van der Waals surface area (Å²) in [6.45, 7) is 0.511. The molecule has 0 fully saturated rings. The number of benzene rings is 1. The maximum atomic E-state index is 10.8. The van der Waals surface area contributed by atoms with Crippen molar-refractivity contribution in [1.82, 2.24) is 4.72 Å². The smallest absolute Gasteiger partial charge is 0.231 e. The molecule has 1 aliphatic heterocycles. The van der Waals surface area contributed by atoms with Crippen molar-refractivity contribution in [3.05, 3.63) is 40.4 Å². The van der Waals surface area contributed by atoms with Gasteiger partial charge in [-0.2, -0.15) is 0 Å². The number of nitrogens with one attached hydrogen (secondary N) is 2. The van der Waals surface area contributed by atoms with E-state index in [0.717, 1.165) is 23.7 Å². The molecular weight excluding hydrogens is 340 g/mol. The molecule has 1 aromatic rings. The van der Waals surface area contributed by atoms with Crippen molar-refractivity contribution in [2.45, 2.75) is 30.7 Å². The molecule has 1 heterocycles. The normalized spacial score (nSPS) is 28.6. The molecular formula is C14H17BrN2O2S. The minimum atomic E-state index is -1.95. The third-order valence-electron chi connectivity index (χ3n) is 4.24. The molecule has 3 unspecified atom stereocenters. The van der Waals surface area contributed by atoms with E-state index in [9.17, 15) is 4.21 Å². The van der Waals surface area contributed by atoms with Gasteiger partial charge in [0.25, 0.3) is 0 Å². The highest BCUT2D eigenvalue weighted by molar-refractivity contribution is 9.10. The molecule has 0 bridgehead atoms. The SMILES string of the molecule is O=S(O)NCCC12C=CCCC1Nc1ccc(Br)cc12. The van der Waals surface area contributed by atoms with Crippen LogP contribution in [0.4, 0.5) is 5.69 Å². The van der Waals surface area contributed by atoms with Crippen LogP contribution in [0.1, 0.15) is 24.8 Å². The first kappa shape index (κ1) is 14.3. The standard InChI is InChI=1S/C14H17BrN2O2S/c15-10-4-5-12-11(9-10)14(7-8-16-20(18)19)6-2-1-3-13(14)17-12/h2,4-6,9,13,16-17H,1,3,7-8H2,(H,18,19). The number of anilines is 1. The van der Waals surface area contributed by atoms with Crippen molar-refractivity contribution in [2.24, 2.45) is 0 Å². The lowest BCUT2D eigenvalue weighted by molar-refractivity contribution is 0.402. The van der Waals surface area contributed by atoms with Gasteiger partial charge < -0.3 is 5.32 Å². The van der Waals surface area contributed by atoms with Gasteiger partial charge in [-0.1, -0.05) is 28.1 Å². The van der Waals surface area contributed by atoms with E-state index in [1.165, 1.54) is 11.3 Å². The summed E-state index contributed by atoms with van der Waals surface area (Å²) in [6, 6.07) is 6.67. The molecule has 0 aromatic heterocycles. The highest BCUT2D eigenvalue weighted by Crippen LogP contribution is 2.48. The maximum absolute atomic E-state index is 10.8. The van der Waals surface area contributed by atoms with Crippen LogP contribution < -0.4 is 10.0 Å². The van der Waals surface area contributed by atoms with E-state index in [1.807, 2.05) is 6.07 Å². The summed E-state index contributed by atoms with van der Waals surface area (Å²) >= 11 is 1.59. The highest BCUT2D eigenvalue weighted by Gasteiger charge is 2.45. The molecule has 6 heteroatoms. The topological polar surface area (TPSA) is 61.4 Å². The van der Waals surface area contributed by atoms with Gasteiger partial charge in [-0.3, -0.25) is 4.55 Å². The lowest BCUT2D eigenvalue weighted by Gasteiger charge is -2.36. The minimum Gasteiger partial charge on any atom is -0.381 e. The van der Waals surface area contributed by atoms with Crippen molar-refractivity contribution in [1.29, 1.82) is 0 Å². The monoisotopic (exact) mass is 356 g/mol. The molecule has 0 radical (unpaired) electrons. The van der Waals surface area contributed by atoms with Gasteiger partial charge in [0.15, 0.2) is 0 Å². The number of rotatable bonds is 4. The predicted octanol–water partition coefficient (Wildman–Crippen LogP) is 2.95. The van der Waals surface area contributed by atoms with Crippen molar-refractivity contribution < 1.29 is 8.76 Å². The average Bonchev–Trinajstić information content (AvgIpc) is 2.73. The molecule has 0 saturated heterocycles. The quantitative estimate of drug-likeness (QED) is 0.574. The summed E-state index contributed by atoms with van der Waals surface area (Å²) in [5, 5.41) is 3.60. The number of halogens is 1. The zero-order valence-corrected chi connectivity index (χ0v) is 13.3. The van der Waals surface area contributed by atoms with Crippen LogP contribution >= 0.6 is 15.9 Å². The Balaban J connectivity index is 1.95. The van der Waals surface area contributed by atoms with Gasteiger partial charge in [0, 0.05) is 28.2 Å². The first-order valence-corrected chi connectivity index (χ1v) is 8.60. The Bertz CT molecular complexity index is 578. The largest absolute Gasteiger partial charge is 0.381 e. The fourth-order valence-corrected chi connectivity index (χ4v) is 4.00. The third kappa shape index (κ3) is 2.45. The maximum Gasteiger partial charge on any atom is 0.231 e. The van der Waals surface area contributed by atoms with Crippen LogP contribution in [-0.4, -0.2) is 21.3 Å². The van der Waals surface area contributed by atoms with Gasteiger partial charge in [-0.05, 0) is 43.0 Å². The second-order valence-corrected chi connectivity index (χ2v) is 7.00. The fraction of sp³-hybridized carbons (Fsp3) is 0.429. The molecule has 0 saturated carbocycles. The van der Waals surface area contributed by atoms with Crippen LogP contribution in [0.3, 0.4) is 0 Å². The average molecular weight is 357 g/mol. The van der Waals surface area contributed by atoms with E-state index in [0.29, 0.717) is 12.6 Å². The number of fused-ring (bicyclic) bond motifs is 3. The van der Waals surface area contributed by atoms with E-state index in [-0.39, 0.29) is 5.41 Å². The lowest BCUT2D eigenvalue weighted by Crippen LogP contribution is -2.41. The Labute approximate surface area is 129 Å². The van der Waals surface area contributed by atoms with Gasteiger partial charge in [0.2, 0.25) is 11.3 Å². The molecule has 3 N–H and O–H groups in total. The van der Waals surface area contributed by atoms with Crippen LogP contribution in [0.25, 0.3) is 0 Å². The molecule has 0 spiro atoms. The summed E-state index contributed by atoms with van der Waals surface area (Å²) < 4.78 is 23.3. The molecule has 3 rings (SSSR count). The Morgan fingerprint density at radius 1 is 1.55 bits per heavy atom. The molecule has 108 valence electrons. The summed E-state index contributed by atoms with van der Waals surface area (Å²) in [5.41, 5.74) is 2.37. The van der Waals surface area contributed by atoms with Gasteiger partial charge in [0.05, 0.1) is 0 Å². The van der Waals surface area contributed by atoms with E-state index < -0.39 is 11.3 Å². The first-order chi connectivity index (χ1) is 9.62. The molecule has 1 aliphatic carbocycles. The summed E-state index contributed by atoms with van der Waals surface area (Å²) in [4.78, 5) is 0. The van der Waals surface area contributed by atoms with E-state index in [4.69, 9.17) is 4.55 Å². The third-order valence-corrected chi connectivity index (χ3v) is 5.18. The summed E-state index contributed by atoms with van der Waals surface area (Å²) in [5.74, 6) is 0. The summed E-state index contributed by atoms with van der Waals surface area (Å²) in [7, 11) is 0. The molecule has 2 aliphatic rings. The zero-order chi connectivity index (χ0) is 14.2. The Hall–Kier alpha value is -0.690. The van der Waals surface area contributed by atoms with Crippen LogP contribution in [0.15, 0.2) is 34.8 Å². The summed E-state index contributed by atoms with van der Waals surface area (Å²) in [6.07, 6.45) is 7.47. The van der Waals surface area contributed by atoms with Crippen LogP contribution in [-0.2, 0) is 16.7 Å². The Morgan fingerprint density at radius 3 is 3.20 bits per heavy atom. The van der Waals surface area contributed by atoms with Crippen molar-refractivity contribution in [2.75, 3.05) is 11.9 Å². The lowest BCUT2D eigenvalue weighted by atomic mass is 9.70. The van der Waals surface area contributed by atoms with Gasteiger partial charge >= 0.3 is 0 Å². The molecule has 3 atom stereocenters. The number of hydrogen-bond acceptors (Lipinski definition) is 2. The van der Waals surface area contributed by atoms with Crippen LogP contribution in [0.2, 0.25) is 0 Å².